The number of benzene rings is 1. The number of hydrogen-bond acceptors (Lipinski definition) is 2. The van der Waals surface area contributed by atoms with Crippen LogP contribution >= 0.6 is 0 Å². The summed E-state index contributed by atoms with van der Waals surface area (Å²) in [5.74, 6) is -0.260. The lowest BCUT2D eigenvalue weighted by Crippen LogP contribution is -2.34. The zero-order valence-electron chi connectivity index (χ0n) is 11.5. The van der Waals surface area contributed by atoms with Crippen LogP contribution in [0.3, 0.4) is 0 Å². The van der Waals surface area contributed by atoms with Crippen molar-refractivity contribution in [2.24, 2.45) is 11.8 Å². The van der Waals surface area contributed by atoms with Gasteiger partial charge in [0.15, 0.2) is 0 Å². The monoisotopic (exact) mass is 272 g/mol. The Labute approximate surface area is 118 Å². The average molecular weight is 272 g/mol. The molecule has 2 fully saturated rings. The Morgan fingerprint density at radius 1 is 0.950 bits per heavy atom. The highest BCUT2D eigenvalue weighted by Gasteiger charge is 2.48. The van der Waals surface area contributed by atoms with Crippen molar-refractivity contribution < 1.29 is 9.59 Å². The van der Waals surface area contributed by atoms with Crippen LogP contribution in [0.2, 0.25) is 0 Å². The Morgan fingerprint density at radius 2 is 1.60 bits per heavy atom. The van der Waals surface area contributed by atoms with Crippen molar-refractivity contribution in [2.75, 3.05) is 5.32 Å². The normalized spacial score (nSPS) is 25.2. The molecule has 1 aromatic rings. The van der Waals surface area contributed by atoms with Gasteiger partial charge in [0, 0.05) is 11.7 Å². The van der Waals surface area contributed by atoms with Crippen LogP contribution in [0.25, 0.3) is 0 Å². The molecule has 0 aromatic heterocycles. The second kappa shape index (κ2) is 5.65. The zero-order valence-corrected chi connectivity index (χ0v) is 11.5. The van der Waals surface area contributed by atoms with Gasteiger partial charge in [0.05, 0.1) is 11.8 Å². The van der Waals surface area contributed by atoms with E-state index in [1.165, 1.54) is 12.8 Å². The van der Waals surface area contributed by atoms with Crippen molar-refractivity contribution in [3.63, 3.8) is 0 Å². The molecule has 3 rings (SSSR count). The fourth-order valence-corrected chi connectivity index (χ4v) is 2.91. The lowest BCUT2D eigenvalue weighted by Gasteiger charge is -2.11. The van der Waals surface area contributed by atoms with Gasteiger partial charge in [-0.2, -0.15) is 0 Å². The fourth-order valence-electron chi connectivity index (χ4n) is 2.91. The van der Waals surface area contributed by atoms with Gasteiger partial charge in [-0.05, 0) is 31.4 Å². The summed E-state index contributed by atoms with van der Waals surface area (Å²) < 4.78 is 0. The molecule has 0 bridgehead atoms. The molecule has 2 aliphatic carbocycles. The molecule has 2 atom stereocenters. The van der Waals surface area contributed by atoms with Crippen LogP contribution < -0.4 is 10.6 Å². The van der Waals surface area contributed by atoms with Crippen LogP contribution in [0.4, 0.5) is 5.69 Å². The number of para-hydroxylation sites is 1. The molecule has 4 heteroatoms. The molecular formula is C16H20N2O2. The Hall–Kier alpha value is -1.84. The maximum absolute atomic E-state index is 12.0. The molecule has 20 heavy (non-hydrogen) atoms. The molecule has 2 amide bonds. The molecule has 106 valence electrons. The summed E-state index contributed by atoms with van der Waals surface area (Å²) in [4.78, 5) is 24.1. The SMILES string of the molecule is O=C(Nc1ccccc1)C1CC1C(=O)NC1CCCC1. The molecule has 2 saturated carbocycles. The van der Waals surface area contributed by atoms with Crippen LogP contribution in [-0.2, 0) is 9.59 Å². The van der Waals surface area contributed by atoms with Gasteiger partial charge in [-0.1, -0.05) is 31.0 Å². The molecule has 0 heterocycles. The second-order valence-electron chi connectivity index (χ2n) is 5.79. The second-order valence-corrected chi connectivity index (χ2v) is 5.79. The van der Waals surface area contributed by atoms with Crippen molar-refractivity contribution in [2.45, 2.75) is 38.1 Å². The zero-order chi connectivity index (χ0) is 13.9. The van der Waals surface area contributed by atoms with E-state index >= 15 is 0 Å². The Balaban J connectivity index is 1.48. The highest BCUT2D eigenvalue weighted by Crippen LogP contribution is 2.39. The summed E-state index contributed by atoms with van der Waals surface area (Å²) >= 11 is 0. The minimum atomic E-state index is -0.156. The van der Waals surface area contributed by atoms with E-state index < -0.39 is 0 Å². The minimum Gasteiger partial charge on any atom is -0.353 e. The predicted molar refractivity (Wildman–Crippen MR) is 77.1 cm³/mol. The first kappa shape index (κ1) is 13.2. The minimum absolute atomic E-state index is 0.0391. The van der Waals surface area contributed by atoms with Gasteiger partial charge in [0.2, 0.25) is 11.8 Å². The quantitative estimate of drug-likeness (QED) is 0.883. The molecule has 0 spiro atoms. The fraction of sp³-hybridized carbons (Fsp3) is 0.500. The third-order valence-electron chi connectivity index (χ3n) is 4.21. The number of hydrogen-bond donors (Lipinski definition) is 2. The first-order valence-corrected chi connectivity index (χ1v) is 7.40. The van der Waals surface area contributed by atoms with Crippen LogP contribution in [-0.4, -0.2) is 17.9 Å². The van der Waals surface area contributed by atoms with Gasteiger partial charge in [0.1, 0.15) is 0 Å². The van der Waals surface area contributed by atoms with Crippen LogP contribution in [0, 0.1) is 11.8 Å². The van der Waals surface area contributed by atoms with Gasteiger partial charge in [0.25, 0.3) is 0 Å². The standard InChI is InChI=1S/C16H20N2O2/c19-15(17-11-6-2-1-3-7-11)13-10-14(13)16(20)18-12-8-4-5-9-12/h1-3,6-7,12-14H,4-5,8-10H2,(H,17,19)(H,18,20). The third kappa shape index (κ3) is 3.00. The van der Waals surface area contributed by atoms with E-state index in [-0.39, 0.29) is 23.7 Å². The topological polar surface area (TPSA) is 58.2 Å². The van der Waals surface area contributed by atoms with Crippen molar-refractivity contribution in [3.8, 4) is 0 Å². The molecule has 0 radical (unpaired) electrons. The molecule has 0 aliphatic heterocycles. The van der Waals surface area contributed by atoms with E-state index in [2.05, 4.69) is 10.6 Å². The van der Waals surface area contributed by atoms with E-state index in [1.54, 1.807) is 0 Å². The average Bonchev–Trinajstić information content (AvgIpc) is 3.11. The van der Waals surface area contributed by atoms with Crippen molar-refractivity contribution in [3.05, 3.63) is 30.3 Å². The molecule has 0 saturated heterocycles. The summed E-state index contributed by atoms with van der Waals surface area (Å²) in [5, 5.41) is 5.93. The maximum atomic E-state index is 12.0. The number of nitrogens with one attached hydrogen (secondary N) is 2. The summed E-state index contributed by atoms with van der Waals surface area (Å²) in [5.41, 5.74) is 0.791. The maximum Gasteiger partial charge on any atom is 0.228 e. The Kier molecular flexibility index (Phi) is 3.72. The van der Waals surface area contributed by atoms with Gasteiger partial charge in [-0.25, -0.2) is 0 Å². The highest BCUT2D eigenvalue weighted by atomic mass is 16.2. The lowest BCUT2D eigenvalue weighted by molar-refractivity contribution is -0.125. The molecule has 1 aromatic carbocycles. The predicted octanol–water partition coefficient (Wildman–Crippen LogP) is 2.32. The summed E-state index contributed by atoms with van der Waals surface area (Å²) in [6.45, 7) is 0. The van der Waals surface area contributed by atoms with E-state index in [9.17, 15) is 9.59 Å². The number of amides is 2. The molecular weight excluding hydrogens is 252 g/mol. The van der Waals surface area contributed by atoms with E-state index in [0.29, 0.717) is 12.5 Å². The van der Waals surface area contributed by atoms with Crippen LogP contribution in [0.1, 0.15) is 32.1 Å². The van der Waals surface area contributed by atoms with Crippen molar-refractivity contribution in [1.29, 1.82) is 0 Å². The summed E-state index contributed by atoms with van der Waals surface area (Å²) in [6, 6.07) is 9.72. The van der Waals surface area contributed by atoms with E-state index in [1.807, 2.05) is 30.3 Å². The third-order valence-corrected chi connectivity index (χ3v) is 4.21. The molecule has 4 nitrogen and oxygen atoms in total. The summed E-state index contributed by atoms with van der Waals surface area (Å²) in [7, 11) is 0. The molecule has 2 aliphatic rings. The Morgan fingerprint density at radius 3 is 2.30 bits per heavy atom. The summed E-state index contributed by atoms with van der Waals surface area (Å²) in [6.07, 6.45) is 5.25. The van der Waals surface area contributed by atoms with Crippen molar-refractivity contribution >= 4 is 17.5 Å². The van der Waals surface area contributed by atoms with E-state index in [4.69, 9.17) is 0 Å². The van der Waals surface area contributed by atoms with Crippen LogP contribution in [0.15, 0.2) is 30.3 Å². The number of anilines is 1. The molecule has 2 N–H and O–H groups in total. The largest absolute Gasteiger partial charge is 0.353 e. The van der Waals surface area contributed by atoms with Gasteiger partial charge >= 0.3 is 0 Å². The van der Waals surface area contributed by atoms with Gasteiger partial charge in [-0.15, -0.1) is 0 Å². The van der Waals surface area contributed by atoms with Gasteiger partial charge in [-0.3, -0.25) is 9.59 Å². The van der Waals surface area contributed by atoms with Crippen molar-refractivity contribution in [1.82, 2.24) is 5.32 Å². The molecule has 2 unspecified atom stereocenters. The van der Waals surface area contributed by atoms with Crippen LogP contribution in [0.5, 0.6) is 0 Å². The Bertz CT molecular complexity index is 494. The first-order chi connectivity index (χ1) is 9.74. The lowest BCUT2D eigenvalue weighted by atomic mass is 10.2. The number of carbonyl (C=O) groups is 2. The number of carbonyl (C=O) groups excluding carboxylic acids is 2. The van der Waals surface area contributed by atoms with Gasteiger partial charge < -0.3 is 10.6 Å². The first-order valence-electron chi connectivity index (χ1n) is 7.40. The van der Waals surface area contributed by atoms with E-state index in [0.717, 1.165) is 18.5 Å². The smallest absolute Gasteiger partial charge is 0.228 e. The number of rotatable bonds is 4. The highest BCUT2D eigenvalue weighted by molar-refractivity contribution is 5.99.